The fraction of sp³-hybridized carbons (Fsp3) is 0.478. The van der Waals surface area contributed by atoms with E-state index in [4.69, 9.17) is 9.47 Å². The van der Waals surface area contributed by atoms with E-state index >= 15 is 0 Å². The van der Waals surface area contributed by atoms with Gasteiger partial charge in [0.1, 0.15) is 0 Å². The molecule has 1 spiro atoms. The van der Waals surface area contributed by atoms with E-state index in [0.717, 1.165) is 19.3 Å². The van der Waals surface area contributed by atoms with Crippen LogP contribution in [0.3, 0.4) is 0 Å². The molecule has 2 unspecified atom stereocenters. The summed E-state index contributed by atoms with van der Waals surface area (Å²) in [5.74, 6) is -0.0793. The van der Waals surface area contributed by atoms with Crippen molar-refractivity contribution in [1.29, 1.82) is 0 Å². The van der Waals surface area contributed by atoms with Crippen LogP contribution >= 0.6 is 0 Å². The third kappa shape index (κ3) is 2.72. The Hall–Kier alpha value is -1.64. The molecule has 2 aromatic rings. The predicted molar refractivity (Wildman–Crippen MR) is 100 cm³/mol. The molecule has 0 bridgehead atoms. The average molecular weight is 336 g/mol. The van der Waals surface area contributed by atoms with Gasteiger partial charge in [-0.3, -0.25) is 0 Å². The van der Waals surface area contributed by atoms with Crippen LogP contribution in [0, 0.1) is 11.3 Å². The first-order valence-corrected chi connectivity index (χ1v) is 9.51. The Kier molecular flexibility index (Phi) is 4.21. The summed E-state index contributed by atoms with van der Waals surface area (Å²) in [6.07, 6.45) is 3.34. The summed E-state index contributed by atoms with van der Waals surface area (Å²) >= 11 is 0. The van der Waals surface area contributed by atoms with Crippen LogP contribution in [0.4, 0.5) is 0 Å². The van der Waals surface area contributed by atoms with Gasteiger partial charge in [0.2, 0.25) is 0 Å². The molecular weight excluding hydrogens is 308 g/mol. The van der Waals surface area contributed by atoms with Gasteiger partial charge in [0.05, 0.1) is 12.2 Å². The van der Waals surface area contributed by atoms with E-state index in [1.54, 1.807) is 0 Å². The Morgan fingerprint density at radius 1 is 0.840 bits per heavy atom. The van der Waals surface area contributed by atoms with E-state index in [1.165, 1.54) is 11.1 Å². The zero-order chi connectivity index (χ0) is 17.5. The van der Waals surface area contributed by atoms with Gasteiger partial charge in [0, 0.05) is 11.3 Å². The third-order valence-corrected chi connectivity index (χ3v) is 6.15. The molecular formula is C23H28O2. The molecule has 2 aliphatic rings. The van der Waals surface area contributed by atoms with Crippen LogP contribution < -0.4 is 0 Å². The van der Waals surface area contributed by atoms with E-state index in [9.17, 15) is 0 Å². The molecule has 2 aromatic carbocycles. The number of benzene rings is 2. The predicted octanol–water partition coefficient (Wildman–Crippen LogP) is 6.06. The first-order valence-electron chi connectivity index (χ1n) is 9.51. The molecule has 2 heterocycles. The number of ether oxygens (including phenoxy) is 2. The van der Waals surface area contributed by atoms with E-state index in [2.05, 4.69) is 81.4 Å². The minimum absolute atomic E-state index is 0.0162. The lowest BCUT2D eigenvalue weighted by atomic mass is 9.74. The van der Waals surface area contributed by atoms with E-state index < -0.39 is 5.79 Å². The molecule has 0 N–H and O–H groups in total. The van der Waals surface area contributed by atoms with E-state index in [1.807, 2.05) is 0 Å². The first-order chi connectivity index (χ1) is 12.1. The molecule has 0 aliphatic carbocycles. The molecule has 2 saturated heterocycles. The monoisotopic (exact) mass is 336 g/mol. The fourth-order valence-corrected chi connectivity index (χ4v) is 4.78. The van der Waals surface area contributed by atoms with Gasteiger partial charge < -0.3 is 9.47 Å². The largest absolute Gasteiger partial charge is 0.341 e. The Morgan fingerprint density at radius 3 is 1.92 bits per heavy atom. The third-order valence-electron chi connectivity index (χ3n) is 6.15. The van der Waals surface area contributed by atoms with Crippen LogP contribution in [0.1, 0.15) is 63.4 Å². The van der Waals surface area contributed by atoms with Crippen LogP contribution in [0.15, 0.2) is 60.7 Å². The Bertz CT molecular complexity index is 705. The normalized spacial score (nSPS) is 33.8. The zero-order valence-corrected chi connectivity index (χ0v) is 15.4. The molecule has 0 saturated carbocycles. The maximum absolute atomic E-state index is 6.74. The highest BCUT2D eigenvalue weighted by atomic mass is 16.7. The molecule has 2 fully saturated rings. The maximum Gasteiger partial charge on any atom is 0.177 e. The highest BCUT2D eigenvalue weighted by molar-refractivity contribution is 5.23. The maximum atomic E-state index is 6.74. The van der Waals surface area contributed by atoms with Gasteiger partial charge in [-0.15, -0.1) is 0 Å². The first kappa shape index (κ1) is 16.8. The molecule has 2 aliphatic heterocycles. The molecule has 132 valence electrons. The lowest BCUT2D eigenvalue weighted by molar-refractivity contribution is -0.274. The minimum Gasteiger partial charge on any atom is -0.341 e. The van der Waals surface area contributed by atoms with Crippen molar-refractivity contribution in [3.8, 4) is 0 Å². The van der Waals surface area contributed by atoms with Crippen molar-refractivity contribution in [1.82, 2.24) is 0 Å². The molecule has 2 heteroatoms. The van der Waals surface area contributed by atoms with Gasteiger partial charge in [-0.25, -0.2) is 0 Å². The number of rotatable bonds is 3. The van der Waals surface area contributed by atoms with Gasteiger partial charge in [-0.05, 0) is 30.4 Å². The molecule has 25 heavy (non-hydrogen) atoms. The molecule has 0 amide bonds. The highest BCUT2D eigenvalue weighted by Crippen LogP contribution is 2.62. The molecule has 2 nitrogen and oxygen atoms in total. The summed E-state index contributed by atoms with van der Waals surface area (Å²) in [6, 6.07) is 21.2. The summed E-state index contributed by atoms with van der Waals surface area (Å²) in [4.78, 5) is 0. The van der Waals surface area contributed by atoms with Gasteiger partial charge in [-0.1, -0.05) is 81.4 Å². The van der Waals surface area contributed by atoms with Crippen LogP contribution in [-0.2, 0) is 9.47 Å². The lowest BCUT2D eigenvalue weighted by Gasteiger charge is -2.40. The number of hydrogen-bond donors (Lipinski definition) is 0. The van der Waals surface area contributed by atoms with Crippen molar-refractivity contribution in [2.45, 2.75) is 58.0 Å². The van der Waals surface area contributed by atoms with Gasteiger partial charge in [0.25, 0.3) is 0 Å². The zero-order valence-electron chi connectivity index (χ0n) is 15.4. The smallest absolute Gasteiger partial charge is 0.177 e. The Balaban J connectivity index is 1.67. The van der Waals surface area contributed by atoms with Crippen LogP contribution in [0.2, 0.25) is 0 Å². The van der Waals surface area contributed by atoms with Crippen LogP contribution in [0.5, 0.6) is 0 Å². The standard InChI is InChI=1S/C23H28O2/c1-4-19-15-20(17-11-7-5-8-12-17)24-23(19)22(2,3)16-21(25-23)18-13-9-6-10-14-18/h5-14,19-21H,4,15-16H2,1-3H3/t19?,20-,21?,23-/m1/s1. The summed E-state index contributed by atoms with van der Waals surface area (Å²) in [5, 5.41) is 0. The average Bonchev–Trinajstić information content (AvgIpc) is 3.15. The molecule has 4 rings (SSSR count). The quantitative estimate of drug-likeness (QED) is 0.678. The second kappa shape index (κ2) is 6.26. The summed E-state index contributed by atoms with van der Waals surface area (Å²) in [7, 11) is 0. The summed E-state index contributed by atoms with van der Waals surface area (Å²) in [5.41, 5.74) is 2.51. The van der Waals surface area contributed by atoms with Crippen molar-refractivity contribution in [2.75, 3.05) is 0 Å². The van der Waals surface area contributed by atoms with Crippen molar-refractivity contribution >= 4 is 0 Å². The molecule has 0 radical (unpaired) electrons. The summed E-state index contributed by atoms with van der Waals surface area (Å²) < 4.78 is 13.5. The second-order valence-electron chi connectivity index (χ2n) is 8.13. The number of hydrogen-bond acceptors (Lipinski definition) is 2. The van der Waals surface area contributed by atoms with Crippen molar-refractivity contribution in [3.63, 3.8) is 0 Å². The topological polar surface area (TPSA) is 18.5 Å². The van der Waals surface area contributed by atoms with Gasteiger partial charge in [0.15, 0.2) is 5.79 Å². The van der Waals surface area contributed by atoms with Crippen molar-refractivity contribution < 1.29 is 9.47 Å². The summed E-state index contributed by atoms with van der Waals surface area (Å²) in [6.45, 7) is 6.89. The van der Waals surface area contributed by atoms with Crippen molar-refractivity contribution in [3.05, 3.63) is 71.8 Å². The Morgan fingerprint density at radius 2 is 1.36 bits per heavy atom. The minimum atomic E-state index is -0.497. The van der Waals surface area contributed by atoms with E-state index in [-0.39, 0.29) is 17.6 Å². The lowest BCUT2D eigenvalue weighted by Crippen LogP contribution is -2.46. The van der Waals surface area contributed by atoms with Crippen LogP contribution in [-0.4, -0.2) is 5.79 Å². The molecule has 4 atom stereocenters. The van der Waals surface area contributed by atoms with Gasteiger partial charge in [-0.2, -0.15) is 0 Å². The fourth-order valence-electron chi connectivity index (χ4n) is 4.78. The Labute approximate surface area is 151 Å². The van der Waals surface area contributed by atoms with Crippen molar-refractivity contribution in [2.24, 2.45) is 11.3 Å². The SMILES string of the molecule is CCC1C[C@H](c2ccccc2)O[C@@]12OC(c1ccccc1)CC2(C)C. The molecule has 0 aromatic heterocycles. The van der Waals surface area contributed by atoms with Gasteiger partial charge >= 0.3 is 0 Å². The second-order valence-corrected chi connectivity index (χ2v) is 8.13. The van der Waals surface area contributed by atoms with E-state index in [0.29, 0.717) is 5.92 Å². The highest BCUT2D eigenvalue weighted by Gasteiger charge is 2.63. The van der Waals surface area contributed by atoms with Crippen LogP contribution in [0.25, 0.3) is 0 Å².